The van der Waals surface area contributed by atoms with Gasteiger partial charge in [-0.3, -0.25) is 0 Å². The molecule has 2 nitrogen and oxygen atoms in total. The molecule has 2 atom stereocenters. The summed E-state index contributed by atoms with van der Waals surface area (Å²) in [5.74, 6) is 0.667. The van der Waals surface area contributed by atoms with Crippen LogP contribution in [0.3, 0.4) is 0 Å². The van der Waals surface area contributed by atoms with Crippen molar-refractivity contribution in [2.45, 2.75) is 45.8 Å². The Morgan fingerprint density at radius 3 is 2.33 bits per heavy atom. The Morgan fingerprint density at radius 1 is 1.17 bits per heavy atom. The Balaban J connectivity index is 2.79. The smallest absolute Gasteiger partial charge is 0.0974 e. The lowest BCUT2D eigenvalue weighted by atomic mass is 9.94. The van der Waals surface area contributed by atoms with E-state index in [2.05, 4.69) is 50.4 Å². The van der Waals surface area contributed by atoms with Crippen LogP contribution in [-0.4, -0.2) is 19.7 Å². The van der Waals surface area contributed by atoms with Gasteiger partial charge in [0.2, 0.25) is 0 Å². The maximum Gasteiger partial charge on any atom is 0.0974 e. The molecule has 0 aliphatic heterocycles. The number of hydrogen-bond donors (Lipinski definition) is 1. The third-order valence-corrected chi connectivity index (χ3v) is 3.13. The van der Waals surface area contributed by atoms with Crippen molar-refractivity contribution in [2.75, 3.05) is 13.7 Å². The molecule has 0 saturated heterocycles. The van der Waals surface area contributed by atoms with Gasteiger partial charge >= 0.3 is 0 Å². The Morgan fingerprint density at radius 2 is 1.83 bits per heavy atom. The van der Waals surface area contributed by atoms with Crippen molar-refractivity contribution >= 4 is 0 Å². The fourth-order valence-electron chi connectivity index (χ4n) is 2.33. The van der Waals surface area contributed by atoms with Crippen molar-refractivity contribution in [3.63, 3.8) is 0 Å². The molecule has 0 aliphatic rings. The van der Waals surface area contributed by atoms with E-state index in [0.717, 1.165) is 19.4 Å². The summed E-state index contributed by atoms with van der Waals surface area (Å²) in [6.07, 6.45) is 2.42. The molecule has 1 N–H and O–H groups in total. The fraction of sp³-hybridized carbons (Fsp3) is 0.625. The molecule has 0 aliphatic carbocycles. The number of nitrogens with one attached hydrogen (secondary N) is 1. The topological polar surface area (TPSA) is 21.3 Å². The first-order valence-electron chi connectivity index (χ1n) is 7.00. The average molecular weight is 249 g/mol. The van der Waals surface area contributed by atoms with Gasteiger partial charge in [0.25, 0.3) is 0 Å². The molecule has 1 rings (SSSR count). The van der Waals surface area contributed by atoms with E-state index in [9.17, 15) is 0 Å². The predicted octanol–water partition coefficient (Wildman–Crippen LogP) is 3.79. The number of hydrogen-bond acceptors (Lipinski definition) is 2. The lowest BCUT2D eigenvalue weighted by molar-refractivity contribution is 0.0606. The highest BCUT2D eigenvalue weighted by Crippen LogP contribution is 2.24. The van der Waals surface area contributed by atoms with E-state index in [4.69, 9.17) is 4.74 Å². The van der Waals surface area contributed by atoms with Gasteiger partial charge in [-0.2, -0.15) is 0 Å². The fourth-order valence-corrected chi connectivity index (χ4v) is 2.33. The lowest BCUT2D eigenvalue weighted by Crippen LogP contribution is -2.37. The van der Waals surface area contributed by atoms with E-state index in [1.807, 2.05) is 6.07 Å². The van der Waals surface area contributed by atoms with Crippen LogP contribution in [0.15, 0.2) is 30.3 Å². The molecule has 102 valence electrons. The molecule has 0 amide bonds. The monoisotopic (exact) mass is 249 g/mol. The number of benzene rings is 1. The highest BCUT2D eigenvalue weighted by atomic mass is 16.5. The standard InChI is InChI=1S/C16H27NO/c1-5-11-17-15(12-13(2)3)16(18-4)14-9-7-6-8-10-14/h6-10,13,15-17H,5,11-12H2,1-4H3. The molecule has 18 heavy (non-hydrogen) atoms. The Kier molecular flexibility index (Phi) is 6.99. The first-order chi connectivity index (χ1) is 8.69. The summed E-state index contributed by atoms with van der Waals surface area (Å²) in [4.78, 5) is 0. The molecular weight excluding hydrogens is 222 g/mol. The Hall–Kier alpha value is -0.860. The second-order valence-corrected chi connectivity index (χ2v) is 5.26. The van der Waals surface area contributed by atoms with E-state index in [0.29, 0.717) is 12.0 Å². The van der Waals surface area contributed by atoms with Gasteiger partial charge in [0, 0.05) is 13.2 Å². The van der Waals surface area contributed by atoms with Crippen molar-refractivity contribution in [2.24, 2.45) is 5.92 Å². The second kappa shape index (κ2) is 8.28. The molecule has 0 radical (unpaired) electrons. The van der Waals surface area contributed by atoms with E-state index >= 15 is 0 Å². The largest absolute Gasteiger partial charge is 0.375 e. The second-order valence-electron chi connectivity index (χ2n) is 5.26. The Bertz CT molecular complexity index is 310. The zero-order valence-electron chi connectivity index (χ0n) is 12.1. The summed E-state index contributed by atoms with van der Waals surface area (Å²) in [7, 11) is 1.80. The maximum atomic E-state index is 5.73. The highest BCUT2D eigenvalue weighted by Gasteiger charge is 2.23. The van der Waals surface area contributed by atoms with Crippen LogP contribution in [0.1, 0.15) is 45.3 Å². The van der Waals surface area contributed by atoms with E-state index in [-0.39, 0.29) is 6.10 Å². The van der Waals surface area contributed by atoms with Crippen molar-refractivity contribution < 1.29 is 4.74 Å². The molecule has 0 spiro atoms. The summed E-state index contributed by atoms with van der Waals surface area (Å²) < 4.78 is 5.73. The summed E-state index contributed by atoms with van der Waals surface area (Å²) in [5.41, 5.74) is 1.26. The zero-order chi connectivity index (χ0) is 13.4. The molecule has 1 aromatic carbocycles. The minimum Gasteiger partial charge on any atom is -0.375 e. The summed E-state index contributed by atoms with van der Waals surface area (Å²) >= 11 is 0. The van der Waals surface area contributed by atoms with Gasteiger partial charge < -0.3 is 10.1 Å². The van der Waals surface area contributed by atoms with E-state index in [1.54, 1.807) is 7.11 Å². The van der Waals surface area contributed by atoms with Crippen LogP contribution < -0.4 is 5.32 Å². The average Bonchev–Trinajstić information content (AvgIpc) is 2.37. The minimum absolute atomic E-state index is 0.139. The van der Waals surface area contributed by atoms with Crippen molar-refractivity contribution in [3.05, 3.63) is 35.9 Å². The molecule has 2 heteroatoms. The van der Waals surface area contributed by atoms with Crippen LogP contribution in [0.25, 0.3) is 0 Å². The summed E-state index contributed by atoms with van der Waals surface area (Å²) in [5, 5.41) is 3.63. The first-order valence-corrected chi connectivity index (χ1v) is 7.00. The van der Waals surface area contributed by atoms with Gasteiger partial charge in [-0.1, -0.05) is 51.1 Å². The zero-order valence-corrected chi connectivity index (χ0v) is 12.1. The van der Waals surface area contributed by atoms with Crippen LogP contribution in [0, 0.1) is 5.92 Å². The van der Waals surface area contributed by atoms with Gasteiger partial charge in [-0.25, -0.2) is 0 Å². The normalized spacial score (nSPS) is 14.7. The van der Waals surface area contributed by atoms with Crippen molar-refractivity contribution in [3.8, 4) is 0 Å². The highest BCUT2D eigenvalue weighted by molar-refractivity contribution is 5.19. The van der Waals surface area contributed by atoms with Crippen LogP contribution >= 0.6 is 0 Å². The number of ether oxygens (including phenoxy) is 1. The third kappa shape index (κ3) is 4.79. The van der Waals surface area contributed by atoms with E-state index in [1.165, 1.54) is 5.56 Å². The molecule has 0 saturated carbocycles. The molecule has 0 aromatic heterocycles. The molecule has 0 bridgehead atoms. The summed E-state index contributed by atoms with van der Waals surface area (Å²) in [6, 6.07) is 10.9. The number of rotatable bonds is 8. The molecule has 2 unspecified atom stereocenters. The summed E-state index contributed by atoms with van der Waals surface area (Å²) in [6.45, 7) is 7.77. The van der Waals surface area contributed by atoms with Crippen LogP contribution in [0.2, 0.25) is 0 Å². The van der Waals surface area contributed by atoms with Crippen LogP contribution in [-0.2, 0) is 4.74 Å². The van der Waals surface area contributed by atoms with Gasteiger partial charge in [0.05, 0.1) is 6.10 Å². The molecular formula is C16H27NO. The van der Waals surface area contributed by atoms with E-state index < -0.39 is 0 Å². The third-order valence-electron chi connectivity index (χ3n) is 3.13. The van der Waals surface area contributed by atoms with Gasteiger partial charge in [-0.15, -0.1) is 0 Å². The molecule has 0 fully saturated rings. The Labute approximate surface area is 112 Å². The SMILES string of the molecule is CCCNC(CC(C)C)C(OC)c1ccccc1. The number of methoxy groups -OCH3 is 1. The van der Waals surface area contributed by atoms with Gasteiger partial charge in [-0.05, 0) is 30.9 Å². The first kappa shape index (κ1) is 15.2. The lowest BCUT2D eigenvalue weighted by Gasteiger charge is -2.29. The van der Waals surface area contributed by atoms with Crippen LogP contribution in [0.5, 0.6) is 0 Å². The quantitative estimate of drug-likeness (QED) is 0.757. The van der Waals surface area contributed by atoms with Crippen LogP contribution in [0.4, 0.5) is 0 Å². The maximum absolute atomic E-state index is 5.73. The minimum atomic E-state index is 0.139. The van der Waals surface area contributed by atoms with Gasteiger partial charge in [0.1, 0.15) is 0 Å². The van der Waals surface area contributed by atoms with Crippen molar-refractivity contribution in [1.82, 2.24) is 5.32 Å². The van der Waals surface area contributed by atoms with Gasteiger partial charge in [0.15, 0.2) is 0 Å². The molecule has 1 aromatic rings. The predicted molar refractivity (Wildman–Crippen MR) is 77.7 cm³/mol. The van der Waals surface area contributed by atoms with Crippen molar-refractivity contribution in [1.29, 1.82) is 0 Å². The molecule has 0 heterocycles.